The van der Waals surface area contributed by atoms with Crippen LogP contribution in [-0.2, 0) is 0 Å². The Morgan fingerprint density at radius 3 is 2.50 bits per heavy atom. The molecule has 80 valence electrons. The maximum atomic E-state index is 10.6. The summed E-state index contributed by atoms with van der Waals surface area (Å²) in [5.41, 5.74) is 1.92. The number of pyridine rings is 2. The molecule has 0 aliphatic rings. The Bertz CT molecular complexity index is 512. The van der Waals surface area contributed by atoms with E-state index in [4.69, 9.17) is 4.74 Å². The monoisotopic (exact) mass is 214 g/mol. The largest absolute Gasteiger partial charge is 0.497 e. The Hall–Kier alpha value is -2.23. The van der Waals surface area contributed by atoms with E-state index in [1.807, 2.05) is 0 Å². The van der Waals surface area contributed by atoms with Crippen LogP contribution in [0.3, 0.4) is 0 Å². The van der Waals surface area contributed by atoms with Crippen molar-refractivity contribution in [1.29, 1.82) is 0 Å². The Kier molecular flexibility index (Phi) is 2.91. The lowest BCUT2D eigenvalue weighted by Gasteiger charge is -2.03. The SMILES string of the molecule is COc1ccnc(-c2cc(C=O)ccn2)c1. The van der Waals surface area contributed by atoms with Gasteiger partial charge < -0.3 is 4.74 Å². The molecule has 0 N–H and O–H groups in total. The van der Waals surface area contributed by atoms with Gasteiger partial charge in [-0.1, -0.05) is 0 Å². The summed E-state index contributed by atoms with van der Waals surface area (Å²) in [4.78, 5) is 19.0. The van der Waals surface area contributed by atoms with Gasteiger partial charge in [-0.15, -0.1) is 0 Å². The van der Waals surface area contributed by atoms with Gasteiger partial charge in [0.2, 0.25) is 0 Å². The van der Waals surface area contributed by atoms with E-state index in [2.05, 4.69) is 9.97 Å². The van der Waals surface area contributed by atoms with Crippen LogP contribution in [0.15, 0.2) is 36.7 Å². The Morgan fingerprint density at radius 2 is 1.81 bits per heavy atom. The fraction of sp³-hybridized carbons (Fsp3) is 0.0833. The van der Waals surface area contributed by atoms with Crippen molar-refractivity contribution in [1.82, 2.24) is 9.97 Å². The summed E-state index contributed by atoms with van der Waals surface area (Å²) in [6.45, 7) is 0. The summed E-state index contributed by atoms with van der Waals surface area (Å²) >= 11 is 0. The predicted molar refractivity (Wildman–Crippen MR) is 59.4 cm³/mol. The molecule has 4 heteroatoms. The Balaban J connectivity index is 2.45. The van der Waals surface area contributed by atoms with Crippen LogP contribution in [-0.4, -0.2) is 23.4 Å². The van der Waals surface area contributed by atoms with E-state index >= 15 is 0 Å². The summed E-state index contributed by atoms with van der Waals surface area (Å²) in [5, 5.41) is 0. The van der Waals surface area contributed by atoms with Crippen molar-refractivity contribution in [2.45, 2.75) is 0 Å². The molecule has 0 aromatic carbocycles. The summed E-state index contributed by atoms with van der Waals surface area (Å²) in [7, 11) is 1.59. The third-order valence-electron chi connectivity index (χ3n) is 2.15. The molecule has 0 radical (unpaired) electrons. The van der Waals surface area contributed by atoms with Gasteiger partial charge in [0.25, 0.3) is 0 Å². The van der Waals surface area contributed by atoms with Crippen molar-refractivity contribution in [2.24, 2.45) is 0 Å². The summed E-state index contributed by atoms with van der Waals surface area (Å²) < 4.78 is 5.10. The molecule has 0 aliphatic heterocycles. The van der Waals surface area contributed by atoms with E-state index in [1.54, 1.807) is 43.8 Å². The van der Waals surface area contributed by atoms with Crippen LogP contribution in [0.5, 0.6) is 5.75 Å². The Labute approximate surface area is 92.9 Å². The van der Waals surface area contributed by atoms with Crippen LogP contribution in [0.1, 0.15) is 10.4 Å². The quantitative estimate of drug-likeness (QED) is 0.733. The molecule has 2 heterocycles. The van der Waals surface area contributed by atoms with Crippen LogP contribution < -0.4 is 4.74 Å². The van der Waals surface area contributed by atoms with Crippen LogP contribution in [0, 0.1) is 0 Å². The number of carbonyl (C=O) groups excluding carboxylic acids is 1. The van der Waals surface area contributed by atoms with Gasteiger partial charge in [0.15, 0.2) is 0 Å². The molecule has 0 fully saturated rings. The fourth-order valence-electron chi connectivity index (χ4n) is 1.34. The molecule has 0 spiro atoms. The fourth-order valence-corrected chi connectivity index (χ4v) is 1.34. The predicted octanol–water partition coefficient (Wildman–Crippen LogP) is 1.96. The van der Waals surface area contributed by atoms with E-state index in [0.717, 1.165) is 6.29 Å². The van der Waals surface area contributed by atoms with Crippen LogP contribution >= 0.6 is 0 Å². The summed E-state index contributed by atoms with van der Waals surface area (Å²) in [6, 6.07) is 6.87. The molecule has 0 amide bonds. The second kappa shape index (κ2) is 4.53. The molecule has 2 rings (SSSR count). The normalized spacial score (nSPS) is 9.81. The molecule has 4 nitrogen and oxygen atoms in total. The highest BCUT2D eigenvalue weighted by molar-refractivity contribution is 5.77. The third kappa shape index (κ3) is 2.06. The number of ether oxygens (including phenoxy) is 1. The average molecular weight is 214 g/mol. The summed E-state index contributed by atoms with van der Waals surface area (Å²) in [5.74, 6) is 0.711. The molecule has 2 aromatic rings. The van der Waals surface area contributed by atoms with E-state index in [1.165, 1.54) is 0 Å². The lowest BCUT2D eigenvalue weighted by atomic mass is 10.2. The molecule has 0 aliphatic carbocycles. The lowest BCUT2D eigenvalue weighted by molar-refractivity contribution is 0.112. The van der Waals surface area contributed by atoms with E-state index in [0.29, 0.717) is 22.7 Å². The van der Waals surface area contributed by atoms with Crippen LogP contribution in [0.2, 0.25) is 0 Å². The number of methoxy groups -OCH3 is 1. The number of hydrogen-bond donors (Lipinski definition) is 0. The smallest absolute Gasteiger partial charge is 0.150 e. The number of aromatic nitrogens is 2. The van der Waals surface area contributed by atoms with Crippen molar-refractivity contribution >= 4 is 6.29 Å². The topological polar surface area (TPSA) is 52.1 Å². The van der Waals surface area contributed by atoms with Crippen LogP contribution in [0.4, 0.5) is 0 Å². The zero-order valence-corrected chi connectivity index (χ0v) is 8.75. The first-order valence-corrected chi connectivity index (χ1v) is 4.75. The van der Waals surface area contributed by atoms with Crippen molar-refractivity contribution in [3.8, 4) is 17.1 Å². The second-order valence-corrected chi connectivity index (χ2v) is 3.17. The average Bonchev–Trinajstić information content (AvgIpc) is 2.39. The van der Waals surface area contributed by atoms with Crippen molar-refractivity contribution in [3.05, 3.63) is 42.2 Å². The van der Waals surface area contributed by atoms with Gasteiger partial charge >= 0.3 is 0 Å². The third-order valence-corrected chi connectivity index (χ3v) is 2.15. The highest BCUT2D eigenvalue weighted by Crippen LogP contribution is 2.19. The van der Waals surface area contributed by atoms with Crippen molar-refractivity contribution in [3.63, 3.8) is 0 Å². The van der Waals surface area contributed by atoms with Gasteiger partial charge in [0, 0.05) is 24.0 Å². The number of rotatable bonds is 3. The molecular weight excluding hydrogens is 204 g/mol. The van der Waals surface area contributed by atoms with E-state index < -0.39 is 0 Å². The van der Waals surface area contributed by atoms with Gasteiger partial charge in [0.05, 0.1) is 18.5 Å². The molecule has 0 saturated heterocycles. The lowest BCUT2D eigenvalue weighted by Crippen LogP contribution is -1.91. The summed E-state index contributed by atoms with van der Waals surface area (Å²) in [6.07, 6.45) is 4.01. The number of hydrogen-bond acceptors (Lipinski definition) is 4. The second-order valence-electron chi connectivity index (χ2n) is 3.17. The zero-order valence-electron chi connectivity index (χ0n) is 8.75. The number of aldehydes is 1. The minimum absolute atomic E-state index is 0.578. The first-order valence-electron chi connectivity index (χ1n) is 4.75. The molecule has 0 bridgehead atoms. The number of nitrogens with zero attached hydrogens (tertiary/aromatic N) is 2. The highest BCUT2D eigenvalue weighted by Gasteiger charge is 2.03. The van der Waals surface area contributed by atoms with Gasteiger partial charge in [0.1, 0.15) is 12.0 Å². The Morgan fingerprint density at radius 1 is 1.12 bits per heavy atom. The van der Waals surface area contributed by atoms with Crippen LogP contribution in [0.25, 0.3) is 11.4 Å². The zero-order chi connectivity index (χ0) is 11.4. The molecule has 0 saturated carbocycles. The minimum atomic E-state index is 0.578. The molecule has 0 unspecified atom stereocenters. The molecular formula is C12H10N2O2. The van der Waals surface area contributed by atoms with Gasteiger partial charge in [-0.05, 0) is 18.2 Å². The molecule has 2 aromatic heterocycles. The van der Waals surface area contributed by atoms with E-state index in [9.17, 15) is 4.79 Å². The van der Waals surface area contributed by atoms with Gasteiger partial charge in [-0.2, -0.15) is 0 Å². The van der Waals surface area contributed by atoms with Gasteiger partial charge in [-0.3, -0.25) is 14.8 Å². The number of carbonyl (C=O) groups is 1. The molecule has 16 heavy (non-hydrogen) atoms. The highest BCUT2D eigenvalue weighted by atomic mass is 16.5. The first-order chi connectivity index (χ1) is 7.83. The van der Waals surface area contributed by atoms with E-state index in [-0.39, 0.29) is 0 Å². The molecule has 0 atom stereocenters. The minimum Gasteiger partial charge on any atom is -0.497 e. The maximum Gasteiger partial charge on any atom is 0.150 e. The first kappa shape index (κ1) is 10.3. The maximum absolute atomic E-state index is 10.6. The van der Waals surface area contributed by atoms with Crippen molar-refractivity contribution < 1.29 is 9.53 Å². The van der Waals surface area contributed by atoms with Crippen molar-refractivity contribution in [2.75, 3.05) is 7.11 Å². The standard InChI is InChI=1S/C12H10N2O2/c1-16-10-3-5-14-12(7-10)11-6-9(8-15)2-4-13-11/h2-8H,1H3. The van der Waals surface area contributed by atoms with Gasteiger partial charge in [-0.25, -0.2) is 0 Å².